The molecule has 4 saturated carbocycles. The number of rotatable bonds is 3. The van der Waals surface area contributed by atoms with Crippen LogP contribution in [0.1, 0.15) is 103 Å². The summed E-state index contributed by atoms with van der Waals surface area (Å²) in [6, 6.07) is 0. The molecule has 4 aliphatic rings. The lowest BCUT2D eigenvalue weighted by Crippen LogP contribution is -2.37. The molecule has 114 valence electrons. The van der Waals surface area contributed by atoms with Crippen molar-refractivity contribution < 1.29 is 0 Å². The predicted molar refractivity (Wildman–Crippen MR) is 85.7 cm³/mol. The molecule has 0 unspecified atom stereocenters. The highest BCUT2D eigenvalue weighted by atomic mass is 14.5. The third-order valence-electron chi connectivity index (χ3n) is 7.91. The molecule has 4 bridgehead atoms. The summed E-state index contributed by atoms with van der Waals surface area (Å²) in [6.07, 6.45) is 25.3. The normalized spacial score (nSPS) is 48.0. The monoisotopic (exact) mass is 274 g/mol. The highest BCUT2D eigenvalue weighted by Crippen LogP contribution is 2.56. The van der Waals surface area contributed by atoms with Crippen molar-refractivity contribution >= 4 is 0 Å². The Balaban J connectivity index is 1.41. The van der Waals surface area contributed by atoms with Crippen LogP contribution in [-0.2, 0) is 0 Å². The van der Waals surface area contributed by atoms with Gasteiger partial charge < -0.3 is 0 Å². The van der Waals surface area contributed by atoms with Crippen LogP contribution >= 0.6 is 0 Å². The van der Waals surface area contributed by atoms with E-state index >= 15 is 0 Å². The molecule has 0 saturated heterocycles. The van der Waals surface area contributed by atoms with Crippen molar-refractivity contribution in [2.24, 2.45) is 22.7 Å². The van der Waals surface area contributed by atoms with Crippen LogP contribution in [-0.4, -0.2) is 0 Å². The second kappa shape index (κ2) is 5.33. The van der Waals surface area contributed by atoms with Crippen molar-refractivity contribution in [3.05, 3.63) is 0 Å². The standard InChI is InChI=1S/C20H34/c1-5-17-6-2-10-19(9-1,15-17)13-14-20-11-3-7-18(16-20)8-4-12-20/h17-18H,1-16H2. The summed E-state index contributed by atoms with van der Waals surface area (Å²) in [6.45, 7) is 0. The smallest absolute Gasteiger partial charge is 0.0295 e. The lowest BCUT2D eigenvalue weighted by atomic mass is 9.55. The molecular formula is C20H34. The van der Waals surface area contributed by atoms with E-state index in [1.807, 2.05) is 0 Å². The van der Waals surface area contributed by atoms with Gasteiger partial charge in [0.25, 0.3) is 0 Å². The quantitative estimate of drug-likeness (QED) is 0.552. The second-order valence-electron chi connectivity index (χ2n) is 9.21. The highest BCUT2D eigenvalue weighted by Gasteiger charge is 2.43. The lowest BCUT2D eigenvalue weighted by molar-refractivity contribution is 0.0173. The van der Waals surface area contributed by atoms with Gasteiger partial charge in [0.1, 0.15) is 0 Å². The first-order valence-electron chi connectivity index (χ1n) is 9.78. The molecule has 0 N–H and O–H groups in total. The van der Waals surface area contributed by atoms with Crippen molar-refractivity contribution in [3.63, 3.8) is 0 Å². The zero-order chi connectivity index (χ0) is 13.5. The molecule has 0 aliphatic heterocycles. The highest BCUT2D eigenvalue weighted by molar-refractivity contribution is 4.95. The van der Waals surface area contributed by atoms with Gasteiger partial charge in [-0.1, -0.05) is 51.4 Å². The maximum atomic E-state index is 1.62. The van der Waals surface area contributed by atoms with Crippen LogP contribution < -0.4 is 0 Å². The fraction of sp³-hybridized carbons (Fsp3) is 1.00. The second-order valence-corrected chi connectivity index (χ2v) is 9.21. The van der Waals surface area contributed by atoms with Crippen molar-refractivity contribution in [1.29, 1.82) is 0 Å². The molecule has 0 aromatic rings. The van der Waals surface area contributed by atoms with Crippen molar-refractivity contribution in [3.8, 4) is 0 Å². The van der Waals surface area contributed by atoms with Crippen LogP contribution in [0, 0.1) is 22.7 Å². The molecule has 0 atom stereocenters. The summed E-state index contributed by atoms with van der Waals surface area (Å²) < 4.78 is 0. The summed E-state index contributed by atoms with van der Waals surface area (Å²) in [5, 5.41) is 0. The van der Waals surface area contributed by atoms with E-state index in [1.165, 1.54) is 0 Å². The van der Waals surface area contributed by atoms with Crippen LogP contribution in [0.3, 0.4) is 0 Å². The van der Waals surface area contributed by atoms with Crippen molar-refractivity contribution in [1.82, 2.24) is 0 Å². The van der Waals surface area contributed by atoms with Crippen LogP contribution in [0.2, 0.25) is 0 Å². The summed E-state index contributed by atoms with van der Waals surface area (Å²) >= 11 is 0. The average Bonchev–Trinajstić information content (AvgIpc) is 2.46. The molecule has 0 aromatic heterocycles. The first kappa shape index (κ1) is 13.6. The number of hydrogen-bond acceptors (Lipinski definition) is 0. The van der Waals surface area contributed by atoms with E-state index in [2.05, 4.69) is 0 Å². The van der Waals surface area contributed by atoms with Gasteiger partial charge in [0.05, 0.1) is 0 Å². The molecule has 0 amide bonds. The van der Waals surface area contributed by atoms with E-state index in [-0.39, 0.29) is 0 Å². The van der Waals surface area contributed by atoms with Gasteiger partial charge in [-0.15, -0.1) is 0 Å². The predicted octanol–water partition coefficient (Wildman–Crippen LogP) is 6.49. The summed E-state index contributed by atoms with van der Waals surface area (Å²) in [5.74, 6) is 2.25. The van der Waals surface area contributed by atoms with Crippen LogP contribution in [0.4, 0.5) is 0 Å². The molecule has 0 spiro atoms. The Labute approximate surface area is 126 Å². The lowest BCUT2D eigenvalue weighted by Gasteiger charge is -2.50. The van der Waals surface area contributed by atoms with Gasteiger partial charge in [0.2, 0.25) is 0 Å². The topological polar surface area (TPSA) is 0 Å². The zero-order valence-corrected chi connectivity index (χ0v) is 13.5. The van der Waals surface area contributed by atoms with E-state index in [9.17, 15) is 0 Å². The largest absolute Gasteiger partial charge is 0.0525 e. The Morgan fingerprint density at radius 3 is 1.25 bits per heavy atom. The molecule has 0 heteroatoms. The van der Waals surface area contributed by atoms with Crippen molar-refractivity contribution in [2.75, 3.05) is 0 Å². The molecule has 0 aromatic carbocycles. The van der Waals surface area contributed by atoms with Crippen LogP contribution in [0.5, 0.6) is 0 Å². The Bertz CT molecular complexity index is 288. The summed E-state index contributed by atoms with van der Waals surface area (Å²) in [5.41, 5.74) is 1.64. The Hall–Kier alpha value is 0. The van der Waals surface area contributed by atoms with Gasteiger partial charge in [0.15, 0.2) is 0 Å². The molecule has 4 fully saturated rings. The third-order valence-corrected chi connectivity index (χ3v) is 7.91. The Kier molecular flexibility index (Phi) is 3.63. The molecule has 20 heavy (non-hydrogen) atoms. The molecule has 0 heterocycles. The summed E-state index contributed by atoms with van der Waals surface area (Å²) in [7, 11) is 0. The maximum Gasteiger partial charge on any atom is -0.0295 e. The van der Waals surface area contributed by atoms with Gasteiger partial charge in [-0.2, -0.15) is 0 Å². The van der Waals surface area contributed by atoms with E-state index in [0.29, 0.717) is 0 Å². The fourth-order valence-electron chi connectivity index (χ4n) is 6.88. The maximum absolute atomic E-state index is 1.62. The molecule has 4 rings (SSSR count). The van der Waals surface area contributed by atoms with E-state index in [4.69, 9.17) is 0 Å². The van der Waals surface area contributed by atoms with E-state index in [1.54, 1.807) is 103 Å². The minimum Gasteiger partial charge on any atom is -0.0525 e. The SMILES string of the molecule is C1CC2CCCC(CCC34CCCC(CCC3)C4)(C1)C2. The first-order valence-corrected chi connectivity index (χ1v) is 9.78. The van der Waals surface area contributed by atoms with E-state index < -0.39 is 0 Å². The minimum absolute atomic E-state index is 0.820. The number of fused-ring (bicyclic) bond motifs is 4. The van der Waals surface area contributed by atoms with Gasteiger partial charge in [-0.3, -0.25) is 0 Å². The first-order chi connectivity index (χ1) is 9.78. The molecule has 0 radical (unpaired) electrons. The average molecular weight is 274 g/mol. The number of hydrogen-bond donors (Lipinski definition) is 0. The van der Waals surface area contributed by atoms with Crippen LogP contribution in [0.25, 0.3) is 0 Å². The van der Waals surface area contributed by atoms with Crippen molar-refractivity contribution in [2.45, 2.75) is 103 Å². The minimum atomic E-state index is 0.820. The molecule has 4 aliphatic carbocycles. The van der Waals surface area contributed by atoms with Gasteiger partial charge in [0, 0.05) is 0 Å². The Morgan fingerprint density at radius 2 is 0.900 bits per heavy atom. The Morgan fingerprint density at radius 1 is 0.550 bits per heavy atom. The third kappa shape index (κ3) is 2.57. The van der Waals surface area contributed by atoms with Gasteiger partial charge in [-0.05, 0) is 74.0 Å². The molecule has 0 nitrogen and oxygen atoms in total. The van der Waals surface area contributed by atoms with E-state index in [0.717, 1.165) is 22.7 Å². The molecular weight excluding hydrogens is 240 g/mol. The summed E-state index contributed by atoms with van der Waals surface area (Å²) in [4.78, 5) is 0. The van der Waals surface area contributed by atoms with Crippen LogP contribution in [0.15, 0.2) is 0 Å². The zero-order valence-electron chi connectivity index (χ0n) is 13.5. The van der Waals surface area contributed by atoms with Gasteiger partial charge in [-0.25, -0.2) is 0 Å². The van der Waals surface area contributed by atoms with Gasteiger partial charge >= 0.3 is 0 Å². The fourth-order valence-corrected chi connectivity index (χ4v) is 6.88.